The summed E-state index contributed by atoms with van der Waals surface area (Å²) in [5.74, 6) is 0.574. The van der Waals surface area contributed by atoms with Crippen molar-refractivity contribution in [2.45, 2.75) is 53.4 Å². The molecule has 0 saturated heterocycles. The molecular formula is C18H27FO. The highest BCUT2D eigenvalue weighted by Gasteiger charge is 1.99. The molecule has 0 fully saturated rings. The normalized spacial score (nSPS) is 10.5. The lowest BCUT2D eigenvalue weighted by Crippen LogP contribution is -1.98. The zero-order valence-corrected chi connectivity index (χ0v) is 13.2. The number of ketones is 1. The Hall–Kier alpha value is -1.44. The van der Waals surface area contributed by atoms with Gasteiger partial charge in [-0.05, 0) is 37.5 Å². The molecule has 0 heterocycles. The summed E-state index contributed by atoms with van der Waals surface area (Å²) in [6.45, 7) is 8.22. The minimum Gasteiger partial charge on any atom is -0.295 e. The lowest BCUT2D eigenvalue weighted by Gasteiger charge is -1.98. The number of unbranched alkanes of at least 4 members (excludes halogenated alkanes) is 2. The largest absolute Gasteiger partial charge is 0.295 e. The van der Waals surface area contributed by atoms with E-state index in [0.29, 0.717) is 12.3 Å². The van der Waals surface area contributed by atoms with Crippen molar-refractivity contribution in [2.75, 3.05) is 0 Å². The maximum atomic E-state index is 12.1. The fourth-order valence-corrected chi connectivity index (χ4v) is 1.54. The zero-order valence-electron chi connectivity index (χ0n) is 13.2. The summed E-state index contributed by atoms with van der Waals surface area (Å²) in [5, 5.41) is 0. The molecule has 0 aromatic heterocycles. The molecule has 20 heavy (non-hydrogen) atoms. The lowest BCUT2D eigenvalue weighted by molar-refractivity contribution is -0.115. The van der Waals surface area contributed by atoms with Crippen molar-refractivity contribution in [1.29, 1.82) is 0 Å². The highest BCUT2D eigenvalue weighted by atomic mass is 19.1. The smallest absolute Gasteiger partial charge is 0.155 e. The Morgan fingerprint density at radius 1 is 1.25 bits per heavy atom. The van der Waals surface area contributed by atoms with Crippen LogP contribution in [0.3, 0.4) is 0 Å². The van der Waals surface area contributed by atoms with E-state index in [1.165, 1.54) is 25.0 Å². The summed E-state index contributed by atoms with van der Waals surface area (Å²) >= 11 is 0. The maximum absolute atomic E-state index is 12.1. The van der Waals surface area contributed by atoms with Gasteiger partial charge in [0.1, 0.15) is 5.82 Å². The number of hydrogen-bond acceptors (Lipinski definition) is 1. The number of carbonyl (C=O) groups excluding carboxylic acids is 1. The van der Waals surface area contributed by atoms with Gasteiger partial charge in [0.15, 0.2) is 5.78 Å². The molecule has 0 N–H and O–H groups in total. The second-order valence-electron chi connectivity index (χ2n) is 5.40. The van der Waals surface area contributed by atoms with Gasteiger partial charge in [0, 0.05) is 6.42 Å². The summed E-state index contributed by atoms with van der Waals surface area (Å²) in [6.07, 6.45) is 7.83. The highest BCUT2D eigenvalue weighted by molar-refractivity contribution is 5.89. The van der Waals surface area contributed by atoms with Crippen LogP contribution in [0.4, 0.5) is 4.39 Å². The number of aryl methyl sites for hydroxylation is 1. The first-order chi connectivity index (χ1) is 9.45. The second kappa shape index (κ2) is 11.4. The summed E-state index contributed by atoms with van der Waals surface area (Å²) in [4.78, 5) is 11.1. The maximum Gasteiger partial charge on any atom is 0.155 e. The van der Waals surface area contributed by atoms with E-state index in [1.54, 1.807) is 18.2 Å². The Labute approximate surface area is 122 Å². The Kier molecular flexibility index (Phi) is 10.6. The summed E-state index contributed by atoms with van der Waals surface area (Å²) in [5.41, 5.74) is 1.09. The van der Waals surface area contributed by atoms with Gasteiger partial charge in [-0.2, -0.15) is 0 Å². The monoisotopic (exact) mass is 278 g/mol. The third kappa shape index (κ3) is 11.6. The number of allylic oxidation sites excluding steroid dienone is 2. The SMILES string of the molecule is CCCC/C=C/C(=O)CC(C)C.Cc1ccc(F)cc1. The molecular weight excluding hydrogens is 251 g/mol. The van der Waals surface area contributed by atoms with Crippen LogP contribution >= 0.6 is 0 Å². The van der Waals surface area contributed by atoms with Gasteiger partial charge < -0.3 is 0 Å². The van der Waals surface area contributed by atoms with E-state index >= 15 is 0 Å². The average molecular weight is 278 g/mol. The first-order valence-electron chi connectivity index (χ1n) is 7.37. The van der Waals surface area contributed by atoms with Crippen molar-refractivity contribution in [3.8, 4) is 0 Å². The molecule has 0 aliphatic rings. The van der Waals surface area contributed by atoms with Crippen molar-refractivity contribution < 1.29 is 9.18 Å². The fraction of sp³-hybridized carbons (Fsp3) is 0.500. The molecule has 0 radical (unpaired) electrons. The Morgan fingerprint density at radius 3 is 2.30 bits per heavy atom. The first kappa shape index (κ1) is 18.6. The molecule has 0 aliphatic carbocycles. The number of hydrogen-bond donors (Lipinski definition) is 0. The third-order valence-electron chi connectivity index (χ3n) is 2.65. The van der Waals surface area contributed by atoms with Gasteiger partial charge in [-0.25, -0.2) is 4.39 Å². The van der Waals surface area contributed by atoms with Crippen molar-refractivity contribution in [1.82, 2.24) is 0 Å². The Balaban J connectivity index is 0.000000388. The molecule has 1 rings (SSSR count). The van der Waals surface area contributed by atoms with E-state index in [1.807, 2.05) is 13.0 Å². The number of benzene rings is 1. The van der Waals surface area contributed by atoms with Gasteiger partial charge >= 0.3 is 0 Å². The summed E-state index contributed by atoms with van der Waals surface area (Å²) in [6, 6.07) is 6.40. The molecule has 0 bridgehead atoms. The number of halogens is 1. The van der Waals surface area contributed by atoms with Crippen LogP contribution in [0, 0.1) is 18.7 Å². The van der Waals surface area contributed by atoms with Crippen LogP contribution < -0.4 is 0 Å². The molecule has 0 unspecified atom stereocenters. The first-order valence-corrected chi connectivity index (χ1v) is 7.37. The molecule has 2 heteroatoms. The quantitative estimate of drug-likeness (QED) is 0.497. The zero-order chi connectivity index (χ0) is 15.4. The number of rotatable bonds is 6. The van der Waals surface area contributed by atoms with Crippen LogP contribution in [0.25, 0.3) is 0 Å². The minimum absolute atomic E-state index is 0.171. The van der Waals surface area contributed by atoms with Crippen LogP contribution in [0.1, 0.15) is 52.0 Å². The number of carbonyl (C=O) groups is 1. The van der Waals surface area contributed by atoms with Crippen LogP contribution in [-0.4, -0.2) is 5.78 Å². The third-order valence-corrected chi connectivity index (χ3v) is 2.65. The van der Waals surface area contributed by atoms with Crippen molar-refractivity contribution in [2.24, 2.45) is 5.92 Å². The molecule has 1 aromatic rings. The molecule has 1 nitrogen and oxygen atoms in total. The molecule has 0 aliphatic heterocycles. The van der Waals surface area contributed by atoms with Gasteiger partial charge in [-0.1, -0.05) is 57.4 Å². The van der Waals surface area contributed by atoms with Gasteiger partial charge in [0.2, 0.25) is 0 Å². The second-order valence-corrected chi connectivity index (χ2v) is 5.40. The van der Waals surface area contributed by atoms with Crippen molar-refractivity contribution in [3.63, 3.8) is 0 Å². The van der Waals surface area contributed by atoms with Crippen molar-refractivity contribution in [3.05, 3.63) is 47.8 Å². The van der Waals surface area contributed by atoms with E-state index in [4.69, 9.17) is 0 Å². The Morgan fingerprint density at radius 2 is 1.85 bits per heavy atom. The predicted molar refractivity (Wildman–Crippen MR) is 84.3 cm³/mol. The van der Waals surface area contributed by atoms with Crippen LogP contribution in [0.5, 0.6) is 0 Å². The van der Waals surface area contributed by atoms with Crippen LogP contribution in [0.2, 0.25) is 0 Å². The van der Waals surface area contributed by atoms with E-state index in [-0.39, 0.29) is 11.6 Å². The van der Waals surface area contributed by atoms with Crippen LogP contribution in [-0.2, 0) is 4.79 Å². The van der Waals surface area contributed by atoms with Crippen LogP contribution in [0.15, 0.2) is 36.4 Å². The predicted octanol–water partition coefficient (Wildman–Crippen LogP) is 5.48. The minimum atomic E-state index is -0.171. The fourth-order valence-electron chi connectivity index (χ4n) is 1.54. The average Bonchev–Trinajstić information content (AvgIpc) is 2.38. The van der Waals surface area contributed by atoms with Gasteiger partial charge in [0.25, 0.3) is 0 Å². The lowest BCUT2D eigenvalue weighted by atomic mass is 10.1. The van der Waals surface area contributed by atoms with Gasteiger partial charge in [-0.3, -0.25) is 4.79 Å². The molecule has 0 saturated carbocycles. The summed E-state index contributed by atoms with van der Waals surface area (Å²) < 4.78 is 12.1. The molecule has 0 spiro atoms. The Bertz CT molecular complexity index is 369. The molecule has 1 aromatic carbocycles. The standard InChI is InChI=1S/C11H20O.C7H7F/c1-4-5-6-7-8-11(12)9-10(2)3;1-6-2-4-7(8)5-3-6/h7-8,10H,4-6,9H2,1-3H3;2-5H,1H3/b8-7+;. The molecule has 0 atom stereocenters. The van der Waals surface area contributed by atoms with Gasteiger partial charge in [0.05, 0.1) is 0 Å². The van der Waals surface area contributed by atoms with E-state index in [2.05, 4.69) is 20.8 Å². The van der Waals surface area contributed by atoms with E-state index < -0.39 is 0 Å². The topological polar surface area (TPSA) is 17.1 Å². The van der Waals surface area contributed by atoms with E-state index in [0.717, 1.165) is 12.0 Å². The van der Waals surface area contributed by atoms with Crippen molar-refractivity contribution >= 4 is 5.78 Å². The van der Waals surface area contributed by atoms with Gasteiger partial charge in [-0.15, -0.1) is 0 Å². The molecule has 112 valence electrons. The van der Waals surface area contributed by atoms with E-state index in [9.17, 15) is 9.18 Å². The highest BCUT2D eigenvalue weighted by Crippen LogP contribution is 2.02. The summed E-state index contributed by atoms with van der Waals surface area (Å²) in [7, 11) is 0. The molecule has 0 amide bonds.